The van der Waals surface area contributed by atoms with Gasteiger partial charge in [-0.15, -0.1) is 5.10 Å². The molecule has 0 unspecified atom stereocenters. The Kier molecular flexibility index (Phi) is 4.98. The number of esters is 1. The van der Waals surface area contributed by atoms with Gasteiger partial charge in [0, 0.05) is 17.8 Å². The molecule has 22 heavy (non-hydrogen) atoms. The number of thioether (sulfide) groups is 1. The minimum Gasteiger partial charge on any atom is -0.447 e. The fraction of sp³-hybridized carbons (Fsp3) is 0.500. The van der Waals surface area contributed by atoms with Gasteiger partial charge in [0.05, 0.1) is 0 Å². The molecule has 0 spiro atoms. The molecule has 0 fully saturated rings. The standard InChI is InChI=1S/C14H17N5O2S/c1-8(7-15)21-12(20)6-5-11-9(2)16-13-17-14(22-4)18-19(13)10(11)3/h8H,5-6H2,1-4H3/t8-/m0/s1. The zero-order valence-electron chi connectivity index (χ0n) is 13.0. The van der Waals surface area contributed by atoms with Gasteiger partial charge in [-0.2, -0.15) is 10.2 Å². The molecule has 0 bridgehead atoms. The summed E-state index contributed by atoms with van der Waals surface area (Å²) in [6.07, 6.45) is 1.87. The SMILES string of the molecule is CSc1nc2nc(C)c(CCC(=O)O[C@@H](C)C#N)c(C)n2n1. The first-order valence-electron chi connectivity index (χ1n) is 6.82. The van der Waals surface area contributed by atoms with E-state index >= 15 is 0 Å². The molecule has 7 nitrogen and oxygen atoms in total. The second kappa shape index (κ2) is 6.75. The van der Waals surface area contributed by atoms with Crippen LogP contribution in [0.25, 0.3) is 5.78 Å². The van der Waals surface area contributed by atoms with E-state index in [9.17, 15) is 4.79 Å². The summed E-state index contributed by atoms with van der Waals surface area (Å²) < 4.78 is 6.64. The van der Waals surface area contributed by atoms with Gasteiger partial charge in [-0.05, 0) is 39.0 Å². The van der Waals surface area contributed by atoms with Crippen molar-refractivity contribution in [1.82, 2.24) is 19.6 Å². The number of rotatable bonds is 5. The van der Waals surface area contributed by atoms with E-state index in [0.29, 0.717) is 17.4 Å². The van der Waals surface area contributed by atoms with E-state index in [1.807, 2.05) is 26.2 Å². The van der Waals surface area contributed by atoms with E-state index in [0.717, 1.165) is 17.0 Å². The molecule has 1 atom stereocenters. The Labute approximate surface area is 132 Å². The van der Waals surface area contributed by atoms with Crippen molar-refractivity contribution in [3.63, 3.8) is 0 Å². The maximum atomic E-state index is 11.7. The lowest BCUT2D eigenvalue weighted by molar-refractivity contribution is -0.145. The number of aryl methyl sites for hydroxylation is 2. The first-order valence-corrected chi connectivity index (χ1v) is 8.04. The number of hydrogen-bond acceptors (Lipinski definition) is 7. The third kappa shape index (κ3) is 3.36. The summed E-state index contributed by atoms with van der Waals surface area (Å²) in [5.74, 6) is 0.167. The van der Waals surface area contributed by atoms with Crippen molar-refractivity contribution in [3.8, 4) is 6.07 Å². The first kappa shape index (κ1) is 16.2. The fourth-order valence-corrected chi connectivity index (χ4v) is 2.48. The second-order valence-corrected chi connectivity index (χ2v) is 5.61. The molecule has 0 aromatic carbocycles. The van der Waals surface area contributed by atoms with Gasteiger partial charge >= 0.3 is 5.97 Å². The molecule has 2 aromatic rings. The number of aromatic nitrogens is 4. The van der Waals surface area contributed by atoms with Gasteiger partial charge in [-0.25, -0.2) is 9.50 Å². The first-order chi connectivity index (χ1) is 10.5. The van der Waals surface area contributed by atoms with Crippen LogP contribution in [0.15, 0.2) is 5.16 Å². The summed E-state index contributed by atoms with van der Waals surface area (Å²) in [6.45, 7) is 5.36. The number of nitrogens with zero attached hydrogens (tertiary/aromatic N) is 5. The minimum atomic E-state index is -0.727. The number of ether oxygens (including phenoxy) is 1. The number of carbonyl (C=O) groups is 1. The molecule has 0 saturated carbocycles. The molecule has 2 heterocycles. The lowest BCUT2D eigenvalue weighted by Gasteiger charge is -2.10. The Balaban J connectivity index is 2.21. The molecular weight excluding hydrogens is 302 g/mol. The summed E-state index contributed by atoms with van der Waals surface area (Å²) in [5.41, 5.74) is 2.69. The van der Waals surface area contributed by atoms with Crippen LogP contribution in [0.2, 0.25) is 0 Å². The van der Waals surface area contributed by atoms with E-state index < -0.39 is 12.1 Å². The number of nitriles is 1. The maximum absolute atomic E-state index is 11.7. The van der Waals surface area contributed by atoms with E-state index in [2.05, 4.69) is 15.1 Å². The zero-order chi connectivity index (χ0) is 16.3. The van der Waals surface area contributed by atoms with Crippen LogP contribution in [0.3, 0.4) is 0 Å². The lowest BCUT2D eigenvalue weighted by Crippen LogP contribution is -2.14. The molecule has 0 radical (unpaired) electrons. The van der Waals surface area contributed by atoms with E-state index in [1.165, 1.54) is 11.8 Å². The highest BCUT2D eigenvalue weighted by Gasteiger charge is 2.15. The molecule has 2 aromatic heterocycles. The molecule has 0 aliphatic rings. The van der Waals surface area contributed by atoms with Crippen LogP contribution in [-0.2, 0) is 16.0 Å². The van der Waals surface area contributed by atoms with Crippen molar-refractivity contribution in [2.45, 2.75) is 44.9 Å². The maximum Gasteiger partial charge on any atom is 0.307 e. The summed E-state index contributed by atoms with van der Waals surface area (Å²) in [4.78, 5) is 20.4. The van der Waals surface area contributed by atoms with Crippen LogP contribution in [0.4, 0.5) is 0 Å². The predicted octanol–water partition coefficient (Wildman–Crippen LogP) is 1.85. The average molecular weight is 319 g/mol. The van der Waals surface area contributed by atoms with Gasteiger partial charge < -0.3 is 4.74 Å². The van der Waals surface area contributed by atoms with Crippen LogP contribution in [0.5, 0.6) is 0 Å². The van der Waals surface area contributed by atoms with Gasteiger partial charge in [-0.1, -0.05) is 11.8 Å². The van der Waals surface area contributed by atoms with Crippen molar-refractivity contribution in [2.75, 3.05) is 6.26 Å². The quantitative estimate of drug-likeness (QED) is 0.613. The number of hydrogen-bond donors (Lipinski definition) is 0. The largest absolute Gasteiger partial charge is 0.447 e. The minimum absolute atomic E-state index is 0.199. The molecule has 0 saturated heterocycles. The van der Waals surface area contributed by atoms with Gasteiger partial charge in [-0.3, -0.25) is 4.79 Å². The van der Waals surface area contributed by atoms with Crippen molar-refractivity contribution < 1.29 is 9.53 Å². The lowest BCUT2D eigenvalue weighted by atomic mass is 10.1. The zero-order valence-corrected chi connectivity index (χ0v) is 13.8. The Morgan fingerprint density at radius 2 is 2.18 bits per heavy atom. The molecule has 2 rings (SSSR count). The van der Waals surface area contributed by atoms with Gasteiger partial charge in [0.1, 0.15) is 6.07 Å². The van der Waals surface area contributed by atoms with Gasteiger partial charge in [0.2, 0.25) is 5.16 Å². The molecule has 0 aliphatic carbocycles. The average Bonchev–Trinajstić information content (AvgIpc) is 2.90. The summed E-state index contributed by atoms with van der Waals surface area (Å²) in [5, 5.41) is 13.7. The fourth-order valence-electron chi connectivity index (χ4n) is 2.15. The molecular formula is C14H17N5O2S. The normalized spacial score (nSPS) is 12.1. The molecule has 0 amide bonds. The molecule has 0 N–H and O–H groups in total. The number of fused-ring (bicyclic) bond motifs is 1. The van der Waals surface area contributed by atoms with Gasteiger partial charge in [0.15, 0.2) is 6.10 Å². The third-order valence-corrected chi connectivity index (χ3v) is 3.82. The third-order valence-electron chi connectivity index (χ3n) is 3.28. The number of carbonyl (C=O) groups excluding carboxylic acids is 1. The van der Waals surface area contributed by atoms with Crippen LogP contribution in [0, 0.1) is 25.2 Å². The molecule has 0 aliphatic heterocycles. The van der Waals surface area contributed by atoms with Crippen LogP contribution >= 0.6 is 11.8 Å². The predicted molar refractivity (Wildman–Crippen MR) is 81.5 cm³/mol. The molecule has 8 heteroatoms. The summed E-state index contributed by atoms with van der Waals surface area (Å²) in [6, 6.07) is 1.87. The monoisotopic (exact) mass is 319 g/mol. The van der Waals surface area contributed by atoms with E-state index in [4.69, 9.17) is 10.00 Å². The Morgan fingerprint density at radius 1 is 1.45 bits per heavy atom. The van der Waals surface area contributed by atoms with Crippen molar-refractivity contribution in [3.05, 3.63) is 17.0 Å². The second-order valence-electron chi connectivity index (χ2n) is 4.83. The van der Waals surface area contributed by atoms with Crippen LogP contribution in [0.1, 0.15) is 30.3 Å². The van der Waals surface area contributed by atoms with E-state index in [1.54, 1.807) is 11.4 Å². The van der Waals surface area contributed by atoms with Crippen molar-refractivity contribution in [1.29, 1.82) is 5.26 Å². The van der Waals surface area contributed by atoms with E-state index in [-0.39, 0.29) is 6.42 Å². The van der Waals surface area contributed by atoms with Crippen molar-refractivity contribution in [2.24, 2.45) is 0 Å². The van der Waals surface area contributed by atoms with Crippen LogP contribution in [-0.4, -0.2) is 37.9 Å². The smallest absolute Gasteiger partial charge is 0.307 e. The van der Waals surface area contributed by atoms with Crippen molar-refractivity contribution >= 4 is 23.5 Å². The Bertz CT molecular complexity index is 750. The topological polar surface area (TPSA) is 93.2 Å². The summed E-state index contributed by atoms with van der Waals surface area (Å²) >= 11 is 1.45. The summed E-state index contributed by atoms with van der Waals surface area (Å²) in [7, 11) is 0. The van der Waals surface area contributed by atoms with Crippen LogP contribution < -0.4 is 0 Å². The highest BCUT2D eigenvalue weighted by Crippen LogP contribution is 2.18. The Hall–Kier alpha value is -2.14. The highest BCUT2D eigenvalue weighted by atomic mass is 32.2. The highest BCUT2D eigenvalue weighted by molar-refractivity contribution is 7.98. The molecule has 116 valence electrons. The Morgan fingerprint density at radius 3 is 2.82 bits per heavy atom. The van der Waals surface area contributed by atoms with Gasteiger partial charge in [0.25, 0.3) is 5.78 Å².